The van der Waals surface area contributed by atoms with E-state index in [1.54, 1.807) is 24.3 Å². The van der Waals surface area contributed by atoms with Crippen LogP contribution in [0.4, 0.5) is 4.39 Å². The number of carbonyl (C=O) groups is 1. The van der Waals surface area contributed by atoms with Gasteiger partial charge in [0.25, 0.3) is 0 Å². The van der Waals surface area contributed by atoms with E-state index in [4.69, 9.17) is 10.2 Å². The van der Waals surface area contributed by atoms with Gasteiger partial charge in [0.05, 0.1) is 5.56 Å². The maximum Gasteiger partial charge on any atom is 0.241 e. The van der Waals surface area contributed by atoms with E-state index in [0.29, 0.717) is 21.6 Å². The van der Waals surface area contributed by atoms with Crippen LogP contribution in [-0.4, -0.2) is 5.91 Å². The maximum absolute atomic E-state index is 13.7. The normalized spacial score (nSPS) is 11.0. The first-order chi connectivity index (χ1) is 8.56. The number of benzene rings is 1. The summed E-state index contributed by atoms with van der Waals surface area (Å²) in [6.07, 6.45) is 2.61. The van der Waals surface area contributed by atoms with Crippen LogP contribution in [0.5, 0.6) is 0 Å². The minimum Gasteiger partial charge on any atom is -0.457 e. The Labute approximate surface area is 111 Å². The van der Waals surface area contributed by atoms with E-state index < -0.39 is 5.91 Å². The second-order valence-corrected chi connectivity index (χ2v) is 4.48. The van der Waals surface area contributed by atoms with Gasteiger partial charge >= 0.3 is 0 Å². The van der Waals surface area contributed by atoms with E-state index in [1.165, 1.54) is 18.2 Å². The predicted molar refractivity (Wildman–Crippen MR) is 70.0 cm³/mol. The Morgan fingerprint density at radius 1 is 1.33 bits per heavy atom. The summed E-state index contributed by atoms with van der Waals surface area (Å²) in [5, 5.41) is 0. The largest absolute Gasteiger partial charge is 0.457 e. The highest BCUT2D eigenvalue weighted by molar-refractivity contribution is 9.10. The van der Waals surface area contributed by atoms with E-state index in [1.807, 2.05) is 0 Å². The molecule has 3 nitrogen and oxygen atoms in total. The molecular formula is C13H9BrFNO2. The first kappa shape index (κ1) is 12.6. The minimum atomic E-state index is -0.567. The van der Waals surface area contributed by atoms with Crippen LogP contribution < -0.4 is 5.73 Å². The van der Waals surface area contributed by atoms with Gasteiger partial charge < -0.3 is 10.2 Å². The Bertz CT molecular complexity index is 619. The van der Waals surface area contributed by atoms with Gasteiger partial charge in [0, 0.05) is 10.5 Å². The molecule has 1 heterocycles. The third-order valence-electron chi connectivity index (χ3n) is 2.24. The summed E-state index contributed by atoms with van der Waals surface area (Å²) in [5.74, 6) is -0.123. The molecule has 2 rings (SSSR count). The SMILES string of the molecule is NC(=O)/C=C/c1ccc(-c2ccc(Br)cc2F)o1. The Morgan fingerprint density at radius 3 is 2.78 bits per heavy atom. The standard InChI is InChI=1S/C13H9BrFNO2/c14-8-1-4-10(11(15)7-8)12-5-2-9(18-12)3-6-13(16)17/h1-7H,(H2,16,17)/b6-3+. The number of amides is 1. The summed E-state index contributed by atoms with van der Waals surface area (Å²) >= 11 is 3.18. The molecule has 2 aromatic rings. The van der Waals surface area contributed by atoms with Crippen molar-refractivity contribution in [2.45, 2.75) is 0 Å². The number of carbonyl (C=O) groups excluding carboxylic acids is 1. The van der Waals surface area contributed by atoms with Crippen LogP contribution in [0.3, 0.4) is 0 Å². The molecule has 0 spiro atoms. The van der Waals surface area contributed by atoms with Gasteiger partial charge in [-0.1, -0.05) is 15.9 Å². The summed E-state index contributed by atoms with van der Waals surface area (Å²) in [4.78, 5) is 10.6. The Morgan fingerprint density at radius 2 is 2.11 bits per heavy atom. The lowest BCUT2D eigenvalue weighted by Crippen LogP contribution is -2.04. The van der Waals surface area contributed by atoms with Crippen LogP contribution >= 0.6 is 15.9 Å². The minimum absolute atomic E-state index is 0.358. The monoisotopic (exact) mass is 309 g/mol. The van der Waals surface area contributed by atoms with Crippen LogP contribution in [0.2, 0.25) is 0 Å². The summed E-state index contributed by atoms with van der Waals surface area (Å²) < 4.78 is 19.7. The van der Waals surface area contributed by atoms with Gasteiger partial charge in [0.1, 0.15) is 17.3 Å². The molecule has 2 N–H and O–H groups in total. The molecule has 0 saturated carbocycles. The first-order valence-electron chi connectivity index (χ1n) is 5.09. The highest BCUT2D eigenvalue weighted by Gasteiger charge is 2.09. The highest BCUT2D eigenvalue weighted by Crippen LogP contribution is 2.27. The molecule has 1 aromatic carbocycles. The quantitative estimate of drug-likeness (QED) is 0.884. The predicted octanol–water partition coefficient (Wildman–Crippen LogP) is 3.35. The summed E-state index contributed by atoms with van der Waals surface area (Å²) in [5.41, 5.74) is 5.32. The van der Waals surface area contributed by atoms with E-state index in [9.17, 15) is 9.18 Å². The second-order valence-electron chi connectivity index (χ2n) is 3.56. The van der Waals surface area contributed by atoms with Gasteiger partial charge in [-0.2, -0.15) is 0 Å². The van der Waals surface area contributed by atoms with E-state index in [0.717, 1.165) is 0 Å². The van der Waals surface area contributed by atoms with Crippen LogP contribution in [0.25, 0.3) is 17.4 Å². The lowest BCUT2D eigenvalue weighted by molar-refractivity contribution is -0.113. The van der Waals surface area contributed by atoms with Crippen molar-refractivity contribution in [1.82, 2.24) is 0 Å². The van der Waals surface area contributed by atoms with Gasteiger partial charge in [-0.15, -0.1) is 0 Å². The molecule has 0 radical (unpaired) electrons. The molecular weight excluding hydrogens is 301 g/mol. The number of rotatable bonds is 3. The molecule has 92 valence electrons. The molecule has 1 aromatic heterocycles. The van der Waals surface area contributed by atoms with Crippen molar-refractivity contribution in [3.8, 4) is 11.3 Å². The zero-order valence-electron chi connectivity index (χ0n) is 9.19. The first-order valence-corrected chi connectivity index (χ1v) is 5.88. The number of hydrogen-bond donors (Lipinski definition) is 1. The number of furan rings is 1. The zero-order chi connectivity index (χ0) is 13.1. The lowest BCUT2D eigenvalue weighted by atomic mass is 10.1. The van der Waals surface area contributed by atoms with E-state index in [2.05, 4.69) is 15.9 Å². The van der Waals surface area contributed by atoms with Crippen LogP contribution in [0.1, 0.15) is 5.76 Å². The number of halogens is 2. The fraction of sp³-hybridized carbons (Fsp3) is 0. The number of primary amides is 1. The van der Waals surface area contributed by atoms with Crippen molar-refractivity contribution >= 4 is 27.9 Å². The van der Waals surface area contributed by atoms with Crippen molar-refractivity contribution in [3.63, 3.8) is 0 Å². The highest BCUT2D eigenvalue weighted by atomic mass is 79.9. The third-order valence-corrected chi connectivity index (χ3v) is 2.73. The molecule has 0 aliphatic heterocycles. The summed E-state index contributed by atoms with van der Waals surface area (Å²) in [6, 6.07) is 7.96. The molecule has 0 atom stereocenters. The molecule has 0 bridgehead atoms. The van der Waals surface area contributed by atoms with Crippen molar-refractivity contribution in [2.24, 2.45) is 5.73 Å². The summed E-state index contributed by atoms with van der Waals surface area (Å²) in [7, 11) is 0. The average Bonchev–Trinajstić information content (AvgIpc) is 2.75. The van der Waals surface area contributed by atoms with Crippen molar-refractivity contribution in [1.29, 1.82) is 0 Å². The lowest BCUT2D eigenvalue weighted by Gasteiger charge is -1.99. The van der Waals surface area contributed by atoms with Crippen molar-refractivity contribution in [2.75, 3.05) is 0 Å². The van der Waals surface area contributed by atoms with Gasteiger partial charge in [0.15, 0.2) is 0 Å². The Kier molecular flexibility index (Phi) is 3.62. The molecule has 1 amide bonds. The average molecular weight is 310 g/mol. The number of hydrogen-bond acceptors (Lipinski definition) is 2. The molecule has 0 aliphatic carbocycles. The molecule has 0 unspecified atom stereocenters. The van der Waals surface area contributed by atoms with Crippen molar-refractivity contribution < 1.29 is 13.6 Å². The molecule has 0 fully saturated rings. The Hall–Kier alpha value is -1.88. The van der Waals surface area contributed by atoms with Gasteiger partial charge in [-0.3, -0.25) is 4.79 Å². The smallest absolute Gasteiger partial charge is 0.241 e. The molecule has 5 heteroatoms. The van der Waals surface area contributed by atoms with Gasteiger partial charge in [-0.25, -0.2) is 4.39 Å². The van der Waals surface area contributed by atoms with E-state index >= 15 is 0 Å². The molecule has 0 aliphatic rings. The van der Waals surface area contributed by atoms with Crippen LogP contribution in [0.15, 0.2) is 45.3 Å². The topological polar surface area (TPSA) is 56.2 Å². The van der Waals surface area contributed by atoms with E-state index in [-0.39, 0.29) is 5.82 Å². The fourth-order valence-electron chi connectivity index (χ4n) is 1.44. The maximum atomic E-state index is 13.7. The molecule has 18 heavy (non-hydrogen) atoms. The number of nitrogens with two attached hydrogens (primary N) is 1. The van der Waals surface area contributed by atoms with Crippen LogP contribution in [-0.2, 0) is 4.79 Å². The Balaban J connectivity index is 2.32. The fourth-order valence-corrected chi connectivity index (χ4v) is 1.77. The zero-order valence-corrected chi connectivity index (χ0v) is 10.8. The van der Waals surface area contributed by atoms with Gasteiger partial charge in [0.2, 0.25) is 5.91 Å². The second kappa shape index (κ2) is 5.18. The van der Waals surface area contributed by atoms with Gasteiger partial charge in [-0.05, 0) is 36.4 Å². The third kappa shape index (κ3) is 2.87. The van der Waals surface area contributed by atoms with Crippen molar-refractivity contribution in [3.05, 3.63) is 52.5 Å². The van der Waals surface area contributed by atoms with Crippen LogP contribution in [0, 0.1) is 5.82 Å². The molecule has 0 saturated heterocycles. The summed E-state index contributed by atoms with van der Waals surface area (Å²) in [6.45, 7) is 0.